The SMILES string of the molecule is CC(=O)N[C@@H](C(=O)N(Cc1cc(Cl)ccc1CN)C(=O)[C@]1(C)CCCN1)C(C)(C)C. The van der Waals surface area contributed by atoms with Crippen LogP contribution in [0.4, 0.5) is 0 Å². The number of hydrogen-bond acceptors (Lipinski definition) is 5. The van der Waals surface area contributed by atoms with Gasteiger partial charge in [-0.15, -0.1) is 0 Å². The monoisotopic (exact) mass is 436 g/mol. The van der Waals surface area contributed by atoms with Crippen LogP contribution in [0.2, 0.25) is 5.02 Å². The molecule has 0 saturated carbocycles. The number of benzene rings is 1. The van der Waals surface area contributed by atoms with Crippen LogP contribution in [0, 0.1) is 5.41 Å². The summed E-state index contributed by atoms with van der Waals surface area (Å²) in [6.45, 7) is 9.75. The lowest BCUT2D eigenvalue weighted by Gasteiger charge is -2.37. The summed E-state index contributed by atoms with van der Waals surface area (Å²) < 4.78 is 0. The van der Waals surface area contributed by atoms with Gasteiger partial charge < -0.3 is 16.4 Å². The first-order valence-electron chi connectivity index (χ1n) is 10.2. The molecule has 1 heterocycles. The van der Waals surface area contributed by atoms with Gasteiger partial charge in [-0.1, -0.05) is 38.4 Å². The van der Waals surface area contributed by atoms with Crippen molar-refractivity contribution in [3.8, 4) is 0 Å². The summed E-state index contributed by atoms with van der Waals surface area (Å²) in [6.07, 6.45) is 1.49. The Morgan fingerprint density at radius 3 is 2.47 bits per heavy atom. The average Bonchev–Trinajstić information content (AvgIpc) is 3.10. The van der Waals surface area contributed by atoms with Crippen molar-refractivity contribution in [1.29, 1.82) is 0 Å². The Kier molecular flexibility index (Phi) is 7.66. The van der Waals surface area contributed by atoms with Crippen LogP contribution in [0.1, 0.15) is 58.6 Å². The maximum atomic E-state index is 13.7. The summed E-state index contributed by atoms with van der Waals surface area (Å²) >= 11 is 6.18. The first-order valence-corrected chi connectivity index (χ1v) is 10.6. The number of imide groups is 1. The molecule has 0 bridgehead atoms. The number of nitrogens with one attached hydrogen (secondary N) is 2. The fourth-order valence-electron chi connectivity index (χ4n) is 3.74. The van der Waals surface area contributed by atoms with E-state index < -0.39 is 22.9 Å². The van der Waals surface area contributed by atoms with Crippen LogP contribution in [0.3, 0.4) is 0 Å². The molecule has 2 rings (SSSR count). The molecule has 1 aliphatic rings. The molecule has 2 atom stereocenters. The predicted octanol–water partition coefficient (Wildman–Crippen LogP) is 2.35. The summed E-state index contributed by atoms with van der Waals surface area (Å²) in [5.41, 5.74) is 5.97. The van der Waals surface area contributed by atoms with Gasteiger partial charge in [0.15, 0.2) is 0 Å². The molecule has 1 fully saturated rings. The van der Waals surface area contributed by atoms with Crippen molar-refractivity contribution < 1.29 is 14.4 Å². The highest BCUT2D eigenvalue weighted by molar-refractivity contribution is 6.30. The number of amides is 3. The second-order valence-corrected chi connectivity index (χ2v) is 9.65. The molecule has 1 aromatic carbocycles. The van der Waals surface area contributed by atoms with Crippen molar-refractivity contribution in [1.82, 2.24) is 15.5 Å². The molecule has 4 N–H and O–H groups in total. The molecular formula is C22H33ClN4O3. The summed E-state index contributed by atoms with van der Waals surface area (Å²) in [7, 11) is 0. The van der Waals surface area contributed by atoms with E-state index in [9.17, 15) is 14.4 Å². The third-order valence-electron chi connectivity index (χ3n) is 5.53. The Balaban J connectivity index is 2.50. The summed E-state index contributed by atoms with van der Waals surface area (Å²) in [5.74, 6) is -1.08. The lowest BCUT2D eigenvalue weighted by atomic mass is 9.85. The zero-order chi connectivity index (χ0) is 22.7. The van der Waals surface area contributed by atoms with Crippen molar-refractivity contribution in [3.05, 3.63) is 34.3 Å². The minimum Gasteiger partial charge on any atom is -0.344 e. The molecule has 8 heteroatoms. The van der Waals surface area contributed by atoms with Gasteiger partial charge >= 0.3 is 0 Å². The van der Waals surface area contributed by atoms with Gasteiger partial charge in [0.05, 0.1) is 12.1 Å². The van der Waals surface area contributed by atoms with E-state index in [4.69, 9.17) is 17.3 Å². The van der Waals surface area contributed by atoms with Crippen LogP contribution in [0.25, 0.3) is 0 Å². The second kappa shape index (κ2) is 9.45. The number of rotatable bonds is 6. The molecule has 1 saturated heterocycles. The van der Waals surface area contributed by atoms with E-state index in [0.717, 1.165) is 12.0 Å². The number of carbonyl (C=O) groups excluding carboxylic acids is 3. The molecular weight excluding hydrogens is 404 g/mol. The van der Waals surface area contributed by atoms with Gasteiger partial charge in [0, 0.05) is 18.5 Å². The van der Waals surface area contributed by atoms with Crippen LogP contribution >= 0.6 is 11.6 Å². The first kappa shape index (κ1) is 24.3. The van der Waals surface area contributed by atoms with Crippen LogP contribution in [0.15, 0.2) is 18.2 Å². The van der Waals surface area contributed by atoms with Gasteiger partial charge in [0.1, 0.15) is 6.04 Å². The van der Waals surface area contributed by atoms with E-state index in [0.29, 0.717) is 23.6 Å². The number of hydrogen-bond donors (Lipinski definition) is 3. The molecule has 0 spiro atoms. The quantitative estimate of drug-likeness (QED) is 0.634. The molecule has 3 amide bonds. The normalized spacial score (nSPS) is 20.0. The molecule has 0 radical (unpaired) electrons. The Hall–Kier alpha value is -1.96. The lowest BCUT2D eigenvalue weighted by Crippen LogP contribution is -2.60. The summed E-state index contributed by atoms with van der Waals surface area (Å²) in [5, 5.41) is 6.46. The van der Waals surface area contributed by atoms with Gasteiger partial charge in [0.25, 0.3) is 5.91 Å². The zero-order valence-corrected chi connectivity index (χ0v) is 19.2. The molecule has 0 unspecified atom stereocenters. The van der Waals surface area contributed by atoms with Gasteiger partial charge in [-0.25, -0.2) is 0 Å². The number of halogens is 1. The Labute approximate surface area is 183 Å². The fraction of sp³-hybridized carbons (Fsp3) is 0.591. The number of nitrogens with two attached hydrogens (primary N) is 1. The number of nitrogens with zero attached hydrogens (tertiary/aromatic N) is 1. The molecule has 166 valence electrons. The standard InChI is InChI=1S/C22H33ClN4O3/c1-14(28)26-18(21(2,3)4)19(29)27(20(30)22(5)9-6-10-25-22)13-16-11-17(23)8-7-15(16)12-24/h7-8,11,18,25H,6,9-10,12-13,24H2,1-5H3,(H,26,28)/t18-,22-/m0/s1. The topological polar surface area (TPSA) is 105 Å². The third-order valence-corrected chi connectivity index (χ3v) is 5.76. The van der Waals surface area contributed by atoms with Crippen molar-refractivity contribution in [3.63, 3.8) is 0 Å². The molecule has 0 aromatic heterocycles. The van der Waals surface area contributed by atoms with E-state index in [1.807, 2.05) is 27.7 Å². The Morgan fingerprint density at radius 2 is 1.97 bits per heavy atom. The van der Waals surface area contributed by atoms with Gasteiger partial charge in [-0.2, -0.15) is 0 Å². The van der Waals surface area contributed by atoms with Crippen LogP contribution in [-0.2, 0) is 27.5 Å². The van der Waals surface area contributed by atoms with Crippen molar-refractivity contribution in [2.24, 2.45) is 11.1 Å². The molecule has 30 heavy (non-hydrogen) atoms. The van der Waals surface area contributed by atoms with E-state index in [1.165, 1.54) is 11.8 Å². The highest BCUT2D eigenvalue weighted by Gasteiger charge is 2.44. The highest BCUT2D eigenvalue weighted by atomic mass is 35.5. The van der Waals surface area contributed by atoms with E-state index in [1.54, 1.807) is 18.2 Å². The lowest BCUT2D eigenvalue weighted by molar-refractivity contribution is -0.153. The predicted molar refractivity (Wildman–Crippen MR) is 118 cm³/mol. The number of carbonyl (C=O) groups is 3. The molecule has 1 aromatic rings. The van der Waals surface area contributed by atoms with Crippen LogP contribution in [0.5, 0.6) is 0 Å². The Bertz CT molecular complexity index is 813. The summed E-state index contributed by atoms with van der Waals surface area (Å²) in [6, 6.07) is 4.40. The van der Waals surface area contributed by atoms with Crippen molar-refractivity contribution >= 4 is 29.3 Å². The molecule has 1 aliphatic heterocycles. The van der Waals surface area contributed by atoms with Crippen LogP contribution < -0.4 is 16.4 Å². The van der Waals surface area contributed by atoms with E-state index in [2.05, 4.69) is 10.6 Å². The fourth-order valence-corrected chi connectivity index (χ4v) is 3.94. The largest absolute Gasteiger partial charge is 0.344 e. The minimum absolute atomic E-state index is 0.0359. The maximum Gasteiger partial charge on any atom is 0.252 e. The van der Waals surface area contributed by atoms with E-state index >= 15 is 0 Å². The maximum absolute atomic E-state index is 13.7. The van der Waals surface area contributed by atoms with Gasteiger partial charge in [-0.05, 0) is 55.0 Å². The second-order valence-electron chi connectivity index (χ2n) is 9.21. The zero-order valence-electron chi connectivity index (χ0n) is 18.5. The minimum atomic E-state index is -0.857. The van der Waals surface area contributed by atoms with E-state index in [-0.39, 0.29) is 24.9 Å². The van der Waals surface area contributed by atoms with Gasteiger partial charge in [-0.3, -0.25) is 19.3 Å². The average molecular weight is 437 g/mol. The van der Waals surface area contributed by atoms with Gasteiger partial charge in [0.2, 0.25) is 11.8 Å². The first-order chi connectivity index (χ1) is 13.9. The van der Waals surface area contributed by atoms with Crippen LogP contribution in [-0.4, -0.2) is 40.7 Å². The smallest absolute Gasteiger partial charge is 0.252 e. The summed E-state index contributed by atoms with van der Waals surface area (Å²) in [4.78, 5) is 40.3. The highest BCUT2D eigenvalue weighted by Crippen LogP contribution is 2.28. The Morgan fingerprint density at radius 1 is 1.30 bits per heavy atom. The third kappa shape index (κ3) is 5.59. The molecule has 0 aliphatic carbocycles. The molecule has 7 nitrogen and oxygen atoms in total. The van der Waals surface area contributed by atoms with Crippen molar-refractivity contribution in [2.75, 3.05) is 6.54 Å². The van der Waals surface area contributed by atoms with Crippen molar-refractivity contribution in [2.45, 2.75) is 72.1 Å².